The van der Waals surface area contributed by atoms with Gasteiger partial charge in [0.1, 0.15) is 5.82 Å². The highest BCUT2D eigenvalue weighted by Crippen LogP contribution is 2.44. The van der Waals surface area contributed by atoms with Crippen molar-refractivity contribution in [3.05, 3.63) is 47.8 Å². The van der Waals surface area contributed by atoms with Crippen LogP contribution >= 0.6 is 0 Å². The molecule has 0 aliphatic rings. The summed E-state index contributed by atoms with van der Waals surface area (Å²) < 4.78 is 30.1. The van der Waals surface area contributed by atoms with Gasteiger partial charge in [-0.05, 0) is 18.2 Å². The van der Waals surface area contributed by atoms with Crippen molar-refractivity contribution in [3.63, 3.8) is 0 Å². The summed E-state index contributed by atoms with van der Waals surface area (Å²) in [5.74, 6) is -0.924. The van der Waals surface area contributed by atoms with Gasteiger partial charge in [-0.25, -0.2) is 14.2 Å². The first-order valence-electron chi connectivity index (χ1n) is 7.63. The number of carboxylic acid groups (broad SMARTS) is 1. The van der Waals surface area contributed by atoms with Gasteiger partial charge < -0.3 is 19.3 Å². The number of ether oxygens (including phenoxy) is 3. The van der Waals surface area contributed by atoms with E-state index in [0.717, 1.165) is 0 Å². The number of methoxy groups -OCH3 is 3. The van der Waals surface area contributed by atoms with Gasteiger partial charge in [0.05, 0.1) is 43.5 Å². The fraction of sp³-hybridized carbons (Fsp3) is 0.158. The van der Waals surface area contributed by atoms with Crippen molar-refractivity contribution in [1.82, 2.24) is 4.98 Å². The van der Waals surface area contributed by atoms with Crippen molar-refractivity contribution >= 4 is 16.9 Å². The number of pyridine rings is 1. The number of carboxylic acids is 1. The van der Waals surface area contributed by atoms with Crippen LogP contribution in [0.1, 0.15) is 10.4 Å². The van der Waals surface area contributed by atoms with E-state index in [1.807, 2.05) is 0 Å². The lowest BCUT2D eigenvalue weighted by Crippen LogP contribution is -2.04. The van der Waals surface area contributed by atoms with Crippen molar-refractivity contribution in [2.45, 2.75) is 0 Å². The number of rotatable bonds is 5. The Balaban J connectivity index is 2.44. The lowest BCUT2D eigenvalue weighted by Gasteiger charge is -2.16. The first-order valence-corrected chi connectivity index (χ1v) is 7.63. The second kappa shape index (κ2) is 6.87. The van der Waals surface area contributed by atoms with Gasteiger partial charge in [0, 0.05) is 11.6 Å². The van der Waals surface area contributed by atoms with Gasteiger partial charge in [0.2, 0.25) is 5.75 Å². The molecule has 0 radical (unpaired) electrons. The van der Waals surface area contributed by atoms with Gasteiger partial charge in [0.25, 0.3) is 0 Å². The molecule has 0 bridgehead atoms. The summed E-state index contributed by atoms with van der Waals surface area (Å²) in [5, 5.41) is 9.93. The molecule has 0 aliphatic carbocycles. The second-order valence-electron chi connectivity index (χ2n) is 5.38. The zero-order valence-corrected chi connectivity index (χ0v) is 14.4. The molecule has 0 atom stereocenters. The second-order valence-corrected chi connectivity index (χ2v) is 5.38. The van der Waals surface area contributed by atoms with Gasteiger partial charge in [0.15, 0.2) is 11.5 Å². The number of benzene rings is 2. The van der Waals surface area contributed by atoms with E-state index in [9.17, 15) is 14.3 Å². The molecule has 0 fully saturated rings. The quantitative estimate of drug-likeness (QED) is 0.749. The molecule has 3 rings (SSSR count). The molecule has 0 saturated carbocycles. The molecule has 0 saturated heterocycles. The molecule has 134 valence electrons. The summed E-state index contributed by atoms with van der Waals surface area (Å²) in [6.07, 6.45) is 0. The smallest absolute Gasteiger partial charge is 0.336 e. The SMILES string of the molecule is COc1cc2nc(-c3ccccc3F)cc(C(=O)O)c2c(OC)c1OC. The number of nitrogens with zero attached hydrogens (tertiary/aromatic N) is 1. The first-order chi connectivity index (χ1) is 12.5. The normalized spacial score (nSPS) is 10.6. The van der Waals surface area contributed by atoms with Gasteiger partial charge in [-0.1, -0.05) is 12.1 Å². The number of fused-ring (bicyclic) bond motifs is 1. The molecule has 1 N–H and O–H groups in total. The minimum atomic E-state index is -1.19. The highest BCUT2D eigenvalue weighted by atomic mass is 19.1. The third kappa shape index (κ3) is 2.77. The highest BCUT2D eigenvalue weighted by Gasteiger charge is 2.23. The van der Waals surface area contributed by atoms with E-state index in [4.69, 9.17) is 14.2 Å². The molecule has 0 spiro atoms. The van der Waals surface area contributed by atoms with Crippen molar-refractivity contribution in [2.24, 2.45) is 0 Å². The Kier molecular flexibility index (Phi) is 4.62. The summed E-state index contributed by atoms with van der Waals surface area (Å²) >= 11 is 0. The van der Waals surface area contributed by atoms with Crippen molar-refractivity contribution in [1.29, 1.82) is 0 Å². The van der Waals surface area contributed by atoms with Crippen LogP contribution < -0.4 is 14.2 Å². The minimum absolute atomic E-state index is 0.0777. The monoisotopic (exact) mass is 357 g/mol. The standard InChI is InChI=1S/C19H16FNO5/c1-24-15-9-14-16(18(26-3)17(15)25-2)11(19(22)23)8-13(21-14)10-6-4-5-7-12(10)20/h4-9H,1-3H3,(H,22,23). The van der Waals surface area contributed by atoms with Crippen molar-refractivity contribution in [2.75, 3.05) is 21.3 Å². The molecule has 0 aliphatic heterocycles. The number of aromatic carboxylic acids is 1. The fourth-order valence-corrected chi connectivity index (χ4v) is 2.84. The summed E-state index contributed by atoms with van der Waals surface area (Å²) in [6.45, 7) is 0. The molecule has 0 amide bonds. The third-order valence-electron chi connectivity index (χ3n) is 3.98. The number of aromatic nitrogens is 1. The van der Waals surface area contributed by atoms with Crippen LogP contribution in [0.25, 0.3) is 22.2 Å². The predicted octanol–water partition coefficient (Wildman–Crippen LogP) is 3.76. The van der Waals surface area contributed by atoms with Gasteiger partial charge in [-0.2, -0.15) is 0 Å². The molecular weight excluding hydrogens is 341 g/mol. The maximum atomic E-state index is 14.2. The molecule has 1 heterocycles. The molecule has 1 aromatic heterocycles. The summed E-state index contributed by atoms with van der Waals surface area (Å²) in [6, 6.07) is 8.88. The van der Waals surface area contributed by atoms with Crippen LogP contribution in [0.4, 0.5) is 4.39 Å². The molecule has 6 nitrogen and oxygen atoms in total. The van der Waals surface area contributed by atoms with E-state index < -0.39 is 11.8 Å². The lowest BCUT2D eigenvalue weighted by atomic mass is 10.0. The Morgan fingerprint density at radius 1 is 1.04 bits per heavy atom. The Hall–Kier alpha value is -3.35. The van der Waals surface area contributed by atoms with Crippen LogP contribution in [-0.2, 0) is 0 Å². The van der Waals surface area contributed by atoms with Crippen LogP contribution in [0, 0.1) is 5.82 Å². The zero-order valence-electron chi connectivity index (χ0n) is 14.4. The van der Waals surface area contributed by atoms with Crippen LogP contribution in [0.15, 0.2) is 36.4 Å². The Morgan fingerprint density at radius 3 is 2.31 bits per heavy atom. The largest absolute Gasteiger partial charge is 0.493 e. The van der Waals surface area contributed by atoms with Gasteiger partial charge in [-0.15, -0.1) is 0 Å². The number of hydrogen-bond donors (Lipinski definition) is 1. The number of hydrogen-bond acceptors (Lipinski definition) is 5. The molecule has 2 aromatic carbocycles. The lowest BCUT2D eigenvalue weighted by molar-refractivity contribution is 0.0698. The molecule has 3 aromatic rings. The highest BCUT2D eigenvalue weighted by molar-refractivity contribution is 6.08. The van der Waals surface area contributed by atoms with Crippen molar-refractivity contribution < 1.29 is 28.5 Å². The van der Waals surface area contributed by atoms with E-state index in [1.165, 1.54) is 45.6 Å². The van der Waals surface area contributed by atoms with E-state index in [1.54, 1.807) is 12.1 Å². The third-order valence-corrected chi connectivity index (χ3v) is 3.98. The topological polar surface area (TPSA) is 77.9 Å². The Morgan fingerprint density at radius 2 is 1.73 bits per heavy atom. The van der Waals surface area contributed by atoms with Crippen LogP contribution in [0.3, 0.4) is 0 Å². The average molecular weight is 357 g/mol. The fourth-order valence-electron chi connectivity index (χ4n) is 2.84. The molecule has 0 unspecified atom stereocenters. The van der Waals surface area contributed by atoms with Crippen molar-refractivity contribution in [3.8, 4) is 28.5 Å². The van der Waals surface area contributed by atoms with Crippen LogP contribution in [0.2, 0.25) is 0 Å². The van der Waals surface area contributed by atoms with Gasteiger partial charge >= 0.3 is 5.97 Å². The van der Waals surface area contributed by atoms with Gasteiger partial charge in [-0.3, -0.25) is 0 Å². The van der Waals surface area contributed by atoms with E-state index in [2.05, 4.69) is 4.98 Å². The minimum Gasteiger partial charge on any atom is -0.493 e. The first kappa shape index (κ1) is 17.5. The number of halogens is 1. The van der Waals surface area contributed by atoms with E-state index >= 15 is 0 Å². The number of carbonyl (C=O) groups is 1. The summed E-state index contributed by atoms with van der Waals surface area (Å²) in [4.78, 5) is 16.3. The maximum absolute atomic E-state index is 14.2. The van der Waals surface area contributed by atoms with E-state index in [0.29, 0.717) is 5.75 Å². The zero-order chi connectivity index (χ0) is 18.8. The van der Waals surface area contributed by atoms with Crippen LogP contribution in [0.5, 0.6) is 17.2 Å². The Labute approximate surface area is 148 Å². The van der Waals surface area contributed by atoms with Crippen LogP contribution in [-0.4, -0.2) is 37.4 Å². The van der Waals surface area contributed by atoms with E-state index in [-0.39, 0.29) is 39.2 Å². The molecular formula is C19H16FNO5. The summed E-state index contributed by atoms with van der Waals surface area (Å²) in [5.41, 5.74) is 0.608. The average Bonchev–Trinajstić information content (AvgIpc) is 2.65. The maximum Gasteiger partial charge on any atom is 0.336 e. The predicted molar refractivity (Wildman–Crippen MR) is 93.8 cm³/mol. The molecule has 26 heavy (non-hydrogen) atoms. The Bertz CT molecular complexity index is 1000. The summed E-state index contributed by atoms with van der Waals surface area (Å²) in [7, 11) is 4.27. The molecule has 7 heteroatoms.